The molecule has 0 atom stereocenters. The summed E-state index contributed by atoms with van der Waals surface area (Å²) < 4.78 is 13.8. The molecule has 0 aliphatic carbocycles. The van der Waals surface area contributed by atoms with E-state index in [-0.39, 0.29) is 11.3 Å². The molecule has 0 radical (unpaired) electrons. The van der Waals surface area contributed by atoms with Crippen molar-refractivity contribution < 1.29 is 14.1 Å². The molecule has 0 aromatic heterocycles. The van der Waals surface area contributed by atoms with E-state index in [9.17, 15) is 19.3 Å². The average Bonchev–Trinajstić information content (AvgIpc) is 2.47. The highest BCUT2D eigenvalue weighted by Crippen LogP contribution is 2.18. The number of hydrogen-bond donors (Lipinski definition) is 0. The minimum absolute atomic E-state index is 0.188. The molecule has 0 amide bonds. The van der Waals surface area contributed by atoms with Crippen LogP contribution in [0.4, 0.5) is 10.1 Å². The molecule has 0 spiro atoms. The van der Waals surface area contributed by atoms with E-state index in [0.717, 1.165) is 34.9 Å². The SMILES string of the molecule is Cc1ccc(C)c(C=CC(=O)c2ccc([N+](=O)[O-])cc2F)c1. The van der Waals surface area contributed by atoms with Crippen molar-refractivity contribution >= 4 is 17.5 Å². The van der Waals surface area contributed by atoms with Gasteiger partial charge in [0.2, 0.25) is 0 Å². The molecule has 0 aliphatic heterocycles. The van der Waals surface area contributed by atoms with Gasteiger partial charge in [0, 0.05) is 6.07 Å². The summed E-state index contributed by atoms with van der Waals surface area (Å²) in [6.07, 6.45) is 2.89. The predicted molar refractivity (Wildman–Crippen MR) is 82.3 cm³/mol. The second-order valence-corrected chi connectivity index (χ2v) is 4.98. The Kier molecular flexibility index (Phi) is 4.46. The fourth-order valence-electron chi connectivity index (χ4n) is 2.01. The van der Waals surface area contributed by atoms with Crippen LogP contribution in [0.3, 0.4) is 0 Å². The van der Waals surface area contributed by atoms with Gasteiger partial charge in [0.05, 0.1) is 16.6 Å². The van der Waals surface area contributed by atoms with Crippen LogP contribution in [0.5, 0.6) is 0 Å². The van der Waals surface area contributed by atoms with Crippen molar-refractivity contribution in [2.75, 3.05) is 0 Å². The van der Waals surface area contributed by atoms with Crippen LogP contribution in [0.25, 0.3) is 6.08 Å². The van der Waals surface area contributed by atoms with Gasteiger partial charge in [-0.05, 0) is 37.1 Å². The van der Waals surface area contributed by atoms with E-state index in [1.807, 2.05) is 32.0 Å². The van der Waals surface area contributed by atoms with Gasteiger partial charge in [0.1, 0.15) is 5.82 Å². The maximum atomic E-state index is 13.8. The summed E-state index contributed by atoms with van der Waals surface area (Å²) in [6, 6.07) is 8.81. The van der Waals surface area contributed by atoms with Gasteiger partial charge < -0.3 is 0 Å². The van der Waals surface area contributed by atoms with E-state index in [1.165, 1.54) is 6.08 Å². The molecule has 5 heteroatoms. The first-order chi connectivity index (χ1) is 10.4. The predicted octanol–water partition coefficient (Wildman–Crippen LogP) is 4.25. The number of non-ortho nitro benzene ring substituents is 1. The topological polar surface area (TPSA) is 60.2 Å². The van der Waals surface area contributed by atoms with Crippen molar-refractivity contribution in [1.29, 1.82) is 0 Å². The van der Waals surface area contributed by atoms with Crippen LogP contribution in [0.15, 0.2) is 42.5 Å². The molecular weight excluding hydrogens is 285 g/mol. The summed E-state index contributed by atoms with van der Waals surface area (Å²) >= 11 is 0. The Morgan fingerprint density at radius 3 is 2.55 bits per heavy atom. The second-order valence-electron chi connectivity index (χ2n) is 4.98. The van der Waals surface area contributed by atoms with Crippen molar-refractivity contribution in [2.45, 2.75) is 13.8 Å². The maximum Gasteiger partial charge on any atom is 0.272 e. The van der Waals surface area contributed by atoms with Crippen LogP contribution in [0, 0.1) is 29.8 Å². The fourth-order valence-corrected chi connectivity index (χ4v) is 2.01. The Bertz CT molecular complexity index is 781. The monoisotopic (exact) mass is 299 g/mol. The van der Waals surface area contributed by atoms with Gasteiger partial charge in [-0.1, -0.05) is 29.8 Å². The van der Waals surface area contributed by atoms with Crippen LogP contribution < -0.4 is 0 Å². The minimum Gasteiger partial charge on any atom is -0.289 e. The Hall–Kier alpha value is -2.82. The number of nitro groups is 1. The number of nitrogens with zero attached hydrogens (tertiary/aromatic N) is 1. The molecule has 0 unspecified atom stereocenters. The molecule has 0 aliphatic rings. The first-order valence-corrected chi connectivity index (χ1v) is 6.62. The quantitative estimate of drug-likeness (QED) is 0.367. The van der Waals surface area contributed by atoms with E-state index in [0.29, 0.717) is 0 Å². The lowest BCUT2D eigenvalue weighted by atomic mass is 10.0. The number of nitro benzene ring substituents is 1. The summed E-state index contributed by atoms with van der Waals surface area (Å²) in [5.41, 5.74) is 2.36. The third-order valence-electron chi connectivity index (χ3n) is 3.28. The van der Waals surface area contributed by atoms with E-state index in [2.05, 4.69) is 0 Å². The summed E-state index contributed by atoms with van der Waals surface area (Å²) in [7, 11) is 0. The summed E-state index contributed by atoms with van der Waals surface area (Å²) in [4.78, 5) is 21.9. The average molecular weight is 299 g/mol. The van der Waals surface area contributed by atoms with Crippen LogP contribution in [-0.2, 0) is 0 Å². The second kappa shape index (κ2) is 6.30. The Balaban J connectivity index is 2.27. The van der Waals surface area contributed by atoms with E-state index < -0.39 is 16.5 Å². The van der Waals surface area contributed by atoms with E-state index >= 15 is 0 Å². The zero-order valence-corrected chi connectivity index (χ0v) is 12.2. The number of hydrogen-bond acceptors (Lipinski definition) is 3. The lowest BCUT2D eigenvalue weighted by Crippen LogP contribution is -2.00. The summed E-state index contributed by atoms with van der Waals surface area (Å²) in [5.74, 6) is -1.43. The number of allylic oxidation sites excluding steroid dienone is 1. The molecule has 0 bridgehead atoms. The number of ketones is 1. The highest BCUT2D eigenvalue weighted by molar-refractivity contribution is 6.07. The molecule has 2 aromatic carbocycles. The van der Waals surface area contributed by atoms with Gasteiger partial charge in [-0.15, -0.1) is 0 Å². The van der Waals surface area contributed by atoms with Gasteiger partial charge >= 0.3 is 0 Å². The molecule has 4 nitrogen and oxygen atoms in total. The largest absolute Gasteiger partial charge is 0.289 e. The number of benzene rings is 2. The number of carbonyl (C=O) groups excluding carboxylic acids is 1. The van der Waals surface area contributed by atoms with Crippen molar-refractivity contribution in [1.82, 2.24) is 0 Å². The fraction of sp³-hybridized carbons (Fsp3) is 0.118. The molecular formula is C17H14FNO3. The summed E-state index contributed by atoms with van der Waals surface area (Å²) in [6.45, 7) is 3.85. The molecule has 0 saturated carbocycles. The van der Waals surface area contributed by atoms with Gasteiger partial charge in [0.25, 0.3) is 5.69 Å². The van der Waals surface area contributed by atoms with Gasteiger partial charge in [-0.25, -0.2) is 4.39 Å². The molecule has 2 aromatic rings. The molecule has 112 valence electrons. The Labute approximate surface area is 127 Å². The van der Waals surface area contributed by atoms with Gasteiger partial charge in [-0.2, -0.15) is 0 Å². The highest BCUT2D eigenvalue weighted by Gasteiger charge is 2.14. The Morgan fingerprint density at radius 1 is 1.18 bits per heavy atom. The van der Waals surface area contributed by atoms with Crippen molar-refractivity contribution in [3.8, 4) is 0 Å². The lowest BCUT2D eigenvalue weighted by molar-refractivity contribution is -0.385. The van der Waals surface area contributed by atoms with Crippen LogP contribution >= 0.6 is 0 Å². The highest BCUT2D eigenvalue weighted by atomic mass is 19.1. The zero-order chi connectivity index (χ0) is 16.3. The number of aryl methyl sites for hydroxylation is 2. The number of rotatable bonds is 4. The van der Waals surface area contributed by atoms with Crippen molar-refractivity contribution in [2.24, 2.45) is 0 Å². The van der Waals surface area contributed by atoms with E-state index in [4.69, 9.17) is 0 Å². The van der Waals surface area contributed by atoms with Crippen LogP contribution in [0.1, 0.15) is 27.0 Å². The third kappa shape index (κ3) is 3.44. The number of carbonyl (C=O) groups is 1. The normalized spacial score (nSPS) is 10.9. The molecule has 0 N–H and O–H groups in total. The molecule has 0 heterocycles. The van der Waals surface area contributed by atoms with Crippen molar-refractivity contribution in [3.05, 3.63) is 80.7 Å². The first-order valence-electron chi connectivity index (χ1n) is 6.62. The zero-order valence-electron chi connectivity index (χ0n) is 12.2. The smallest absolute Gasteiger partial charge is 0.272 e. The molecule has 22 heavy (non-hydrogen) atoms. The molecule has 0 saturated heterocycles. The van der Waals surface area contributed by atoms with Crippen LogP contribution in [0.2, 0.25) is 0 Å². The third-order valence-corrected chi connectivity index (χ3v) is 3.28. The van der Waals surface area contributed by atoms with E-state index in [1.54, 1.807) is 6.08 Å². The van der Waals surface area contributed by atoms with Crippen molar-refractivity contribution in [3.63, 3.8) is 0 Å². The standard InChI is InChI=1S/C17H14FNO3/c1-11-3-4-12(2)13(9-11)5-8-17(20)15-7-6-14(19(21)22)10-16(15)18/h3-10H,1-2H3. The summed E-state index contributed by atoms with van der Waals surface area (Å²) in [5, 5.41) is 10.6. The van der Waals surface area contributed by atoms with Gasteiger partial charge in [-0.3, -0.25) is 14.9 Å². The van der Waals surface area contributed by atoms with Crippen LogP contribution in [-0.4, -0.2) is 10.7 Å². The molecule has 0 fully saturated rings. The Morgan fingerprint density at radius 2 is 1.91 bits per heavy atom. The van der Waals surface area contributed by atoms with Gasteiger partial charge in [0.15, 0.2) is 5.78 Å². The first kappa shape index (κ1) is 15.6. The number of halogens is 1. The maximum absolute atomic E-state index is 13.8. The lowest BCUT2D eigenvalue weighted by Gasteiger charge is -2.02. The minimum atomic E-state index is -0.898. The molecule has 2 rings (SSSR count).